The number of fused-ring (bicyclic) bond motifs is 7. The van der Waals surface area contributed by atoms with Crippen LogP contribution in [0, 0.1) is 48.5 Å². The predicted molar refractivity (Wildman–Crippen MR) is 297 cm³/mol. The van der Waals surface area contributed by atoms with Crippen LogP contribution in [0.25, 0.3) is 78.0 Å². The number of benzene rings is 2. The topological polar surface area (TPSA) is 167 Å². The zero-order chi connectivity index (χ0) is 56.7. The molecular weight excluding hydrogens is 997 g/mol. The summed E-state index contributed by atoms with van der Waals surface area (Å²) in [5.41, 5.74) is 14.2. The Bertz CT molecular complexity index is 3770. The van der Waals surface area contributed by atoms with Gasteiger partial charge in [-0.05, 0) is 53.5 Å². The van der Waals surface area contributed by atoms with Crippen molar-refractivity contribution in [3.8, 4) is 0 Å². The summed E-state index contributed by atoms with van der Waals surface area (Å²) < 4.78 is 45.6. The van der Waals surface area contributed by atoms with E-state index in [2.05, 4.69) is 109 Å². The second-order valence-corrected chi connectivity index (χ2v) is 18.9. The van der Waals surface area contributed by atoms with Crippen LogP contribution in [0.3, 0.4) is 0 Å². The number of hydrogen-bond acceptors (Lipinski definition) is 10. The van der Waals surface area contributed by atoms with Crippen molar-refractivity contribution in [1.82, 2.24) is 34.1 Å². The number of aromatic nitrogens is 14. The lowest BCUT2D eigenvalue weighted by Crippen LogP contribution is -2.31. The molecule has 0 fully saturated rings. The van der Waals surface area contributed by atoms with Gasteiger partial charge in [0.15, 0.2) is 16.6 Å². The Hall–Kier alpha value is -9.52. The van der Waals surface area contributed by atoms with Crippen molar-refractivity contribution < 1.29 is 54.1 Å². The van der Waals surface area contributed by atoms with Crippen LogP contribution in [0.15, 0.2) is 163 Å². The van der Waals surface area contributed by atoms with Crippen LogP contribution in [-0.2, 0) is 63.4 Å². The Kier molecular flexibility index (Phi) is 17.1. The first-order valence-electron chi connectivity index (χ1n) is 25.7. The molecule has 19 nitrogen and oxygen atoms in total. The predicted octanol–water partition coefficient (Wildman–Crippen LogP) is 7.43. The highest BCUT2D eigenvalue weighted by atomic mass is 16.4. The van der Waals surface area contributed by atoms with Gasteiger partial charge in [0.1, 0.15) is 46.8 Å². The number of para-hydroxylation sites is 4. The molecule has 14 aromatic rings. The SMILES string of the molecule is Cc1n(C)c2ccccc2[n+]1C.Cc1n(C)c2cccnc2[n+]1C.Cc1oc2ccccc2[n+]1C.Cc1oc2cccnc2[n+]1C.Cc1oc2ccncc2[n+]1C.Cc1oc2cnccc2[n+]1C.Cc1oc2ncccc2[n+]1C. The van der Waals surface area contributed by atoms with E-state index in [1.807, 2.05) is 173 Å². The molecular formula is C60H71N14O5+7. The molecule has 0 bridgehead atoms. The average Bonchev–Trinajstić information content (AvgIpc) is 4.37. The maximum absolute atomic E-state index is 5.46. The summed E-state index contributed by atoms with van der Waals surface area (Å²) in [6.45, 7) is 13.9. The number of pyridine rings is 5. The van der Waals surface area contributed by atoms with Crippen molar-refractivity contribution >= 4 is 78.0 Å². The molecule has 0 aliphatic carbocycles. The molecule has 0 atom stereocenters. The number of hydrogen-bond donors (Lipinski definition) is 0. The monoisotopic (exact) mass is 1070 g/mol. The normalized spacial score (nSPS) is 10.8. The lowest BCUT2D eigenvalue weighted by molar-refractivity contribution is -0.658. The van der Waals surface area contributed by atoms with Crippen molar-refractivity contribution in [2.75, 3.05) is 0 Å². The third-order valence-corrected chi connectivity index (χ3v) is 14.3. The summed E-state index contributed by atoms with van der Waals surface area (Å²) in [7, 11) is 18.1. The van der Waals surface area contributed by atoms with E-state index in [4.69, 9.17) is 22.1 Å². The van der Waals surface area contributed by atoms with Crippen molar-refractivity contribution in [3.63, 3.8) is 0 Å². The van der Waals surface area contributed by atoms with Crippen LogP contribution in [-0.4, -0.2) is 34.1 Å². The minimum absolute atomic E-state index is 0.701. The van der Waals surface area contributed by atoms with Gasteiger partial charge in [-0.2, -0.15) is 22.8 Å². The Morgan fingerprint density at radius 2 is 0.772 bits per heavy atom. The first-order valence-corrected chi connectivity index (χ1v) is 25.7. The second-order valence-electron chi connectivity index (χ2n) is 18.9. The van der Waals surface area contributed by atoms with E-state index in [0.29, 0.717) is 5.71 Å². The van der Waals surface area contributed by atoms with Gasteiger partial charge in [0.2, 0.25) is 28.2 Å². The van der Waals surface area contributed by atoms with Crippen molar-refractivity contribution in [2.24, 2.45) is 63.4 Å². The minimum Gasteiger partial charge on any atom is -0.417 e. The van der Waals surface area contributed by atoms with E-state index in [0.717, 1.165) is 85.1 Å². The lowest BCUT2D eigenvalue weighted by Gasteiger charge is -1.88. The molecule has 0 aliphatic heterocycles. The fourth-order valence-corrected chi connectivity index (χ4v) is 8.70. The summed E-state index contributed by atoms with van der Waals surface area (Å²) in [4.78, 5) is 20.5. The molecule has 0 amide bonds. The van der Waals surface area contributed by atoms with Crippen LogP contribution >= 0.6 is 0 Å². The molecule has 0 N–H and O–H groups in total. The quantitative estimate of drug-likeness (QED) is 0.140. The molecule has 12 aromatic heterocycles. The zero-order valence-corrected chi connectivity index (χ0v) is 48.1. The van der Waals surface area contributed by atoms with E-state index in [1.54, 1.807) is 37.2 Å². The fourth-order valence-electron chi connectivity index (χ4n) is 8.70. The standard InChI is InChI=1S/C10H13N2.C9H12N3.C9H10NO.4C8H9N2O/c1-8-11(2)9-6-4-5-7-10(9)12(8)3;1-7-11(2)8-5-4-6-10-9(8)12(7)3;1-7-10(2)8-5-3-4-6-9(8)11-7;1-6-10(2)7-5-9-4-3-8(7)11-6;1-6-10(2)7-3-4-9-5-8(7)11-6;1-6-10(2)8-7(11-6)4-3-5-9-8;1-6-10(2)7-4-3-5-9-8(7)11-6/h4-7H,1-3H3;4-6H,1-3H3;3-6H,1-2H3;4*3-5H,1-2H3/q7*+1. The zero-order valence-electron chi connectivity index (χ0n) is 48.1. The Balaban J connectivity index is 0.000000121. The van der Waals surface area contributed by atoms with Gasteiger partial charge in [0, 0.05) is 63.6 Å². The largest absolute Gasteiger partial charge is 0.417 e. The maximum Gasteiger partial charge on any atom is 0.368 e. The summed E-state index contributed by atoms with van der Waals surface area (Å²) in [6.07, 6.45) is 12.3. The van der Waals surface area contributed by atoms with Crippen LogP contribution in [0.4, 0.5) is 0 Å². The fraction of sp³-hybridized carbons (Fsp3) is 0.267. The molecule has 0 spiro atoms. The highest BCUT2D eigenvalue weighted by molar-refractivity contribution is 5.72. The molecule has 12 heterocycles. The molecule has 0 unspecified atom stereocenters. The molecule has 19 heteroatoms. The first-order chi connectivity index (χ1) is 37.9. The number of rotatable bonds is 0. The van der Waals surface area contributed by atoms with Gasteiger partial charge in [0.25, 0.3) is 39.5 Å². The minimum atomic E-state index is 0.701. The van der Waals surface area contributed by atoms with Crippen LogP contribution in [0.5, 0.6) is 0 Å². The summed E-state index contributed by atoms with van der Waals surface area (Å²) in [5, 5.41) is 0. The molecule has 2 aromatic carbocycles. The van der Waals surface area contributed by atoms with Crippen LogP contribution < -0.4 is 32.0 Å². The Labute approximate surface area is 457 Å². The third kappa shape index (κ3) is 11.9. The lowest BCUT2D eigenvalue weighted by atomic mass is 10.3. The van der Waals surface area contributed by atoms with E-state index < -0.39 is 0 Å². The van der Waals surface area contributed by atoms with Gasteiger partial charge in [-0.1, -0.05) is 24.3 Å². The van der Waals surface area contributed by atoms with Gasteiger partial charge in [0.05, 0.1) is 69.1 Å². The van der Waals surface area contributed by atoms with E-state index >= 15 is 0 Å². The van der Waals surface area contributed by atoms with Gasteiger partial charge in [-0.25, -0.2) is 18.7 Å². The molecule has 0 aliphatic rings. The third-order valence-electron chi connectivity index (χ3n) is 14.3. The molecule has 404 valence electrons. The highest BCUT2D eigenvalue weighted by Crippen LogP contribution is 2.15. The summed E-state index contributed by atoms with van der Waals surface area (Å²) in [5.74, 6) is 6.96. The maximum atomic E-state index is 5.46. The van der Waals surface area contributed by atoms with Crippen molar-refractivity contribution in [1.29, 1.82) is 0 Å². The van der Waals surface area contributed by atoms with Crippen molar-refractivity contribution in [2.45, 2.75) is 48.5 Å². The smallest absolute Gasteiger partial charge is 0.368 e. The summed E-state index contributed by atoms with van der Waals surface area (Å²) >= 11 is 0. The van der Waals surface area contributed by atoms with Gasteiger partial charge >= 0.3 is 34.9 Å². The van der Waals surface area contributed by atoms with E-state index in [1.165, 1.54) is 28.2 Å². The Morgan fingerprint density at radius 3 is 1.41 bits per heavy atom. The number of imidazole rings is 2. The van der Waals surface area contributed by atoms with Gasteiger partial charge < -0.3 is 22.1 Å². The average molecular weight is 1070 g/mol. The first kappa shape index (κ1) is 55.7. The number of oxazole rings is 5. The number of nitrogens with zero attached hydrogens (tertiary/aromatic N) is 14. The van der Waals surface area contributed by atoms with Gasteiger partial charge in [-0.15, -0.1) is 4.98 Å². The molecule has 79 heavy (non-hydrogen) atoms. The van der Waals surface area contributed by atoms with E-state index in [9.17, 15) is 0 Å². The Morgan fingerprint density at radius 1 is 0.329 bits per heavy atom. The molecule has 0 saturated heterocycles. The summed E-state index contributed by atoms with van der Waals surface area (Å²) in [6, 6.07) is 31.9. The van der Waals surface area contributed by atoms with Crippen LogP contribution in [0.2, 0.25) is 0 Å². The highest BCUT2D eigenvalue weighted by Gasteiger charge is 2.19. The molecule has 0 radical (unpaired) electrons. The molecule has 14 rings (SSSR count). The van der Waals surface area contributed by atoms with Crippen LogP contribution in [0.1, 0.15) is 41.1 Å². The van der Waals surface area contributed by atoms with Crippen molar-refractivity contribution in [3.05, 3.63) is 182 Å². The van der Waals surface area contributed by atoms with Gasteiger partial charge in [-0.3, -0.25) is 14.5 Å². The van der Waals surface area contributed by atoms with E-state index in [-0.39, 0.29) is 0 Å². The number of aryl methyl sites for hydroxylation is 14. The molecule has 0 saturated carbocycles. The second kappa shape index (κ2) is 24.2.